The lowest BCUT2D eigenvalue weighted by Crippen LogP contribution is -2.32. The Kier molecular flexibility index (Phi) is 16.2. The molecule has 0 radical (unpaired) electrons. The van der Waals surface area contributed by atoms with Crippen molar-refractivity contribution in [1.82, 2.24) is 4.98 Å². The number of aromatic hydroxyl groups is 1. The van der Waals surface area contributed by atoms with Gasteiger partial charge in [0.15, 0.2) is 0 Å². The molecule has 7 nitrogen and oxygen atoms in total. The summed E-state index contributed by atoms with van der Waals surface area (Å²) in [5.74, 6) is -1.56. The molecule has 0 aliphatic carbocycles. The quantitative estimate of drug-likeness (QED) is 0.133. The molecule has 1 aromatic heterocycles. The lowest BCUT2D eigenvalue weighted by atomic mass is 10.1. The number of carboxylic acids is 2. The summed E-state index contributed by atoms with van der Waals surface area (Å²) in [6.07, 6.45) is 25.3. The number of hydrogen-bond donors (Lipinski definition) is 5. The van der Waals surface area contributed by atoms with Crippen LogP contribution in [0.15, 0.2) is 60.9 Å². The minimum atomic E-state index is -1.03. The lowest BCUT2D eigenvalue weighted by molar-refractivity contribution is -0.139. The third kappa shape index (κ3) is 14.2. The molecule has 36 heavy (non-hydrogen) atoms. The van der Waals surface area contributed by atoms with Gasteiger partial charge in [0.25, 0.3) is 0 Å². The minimum Gasteiger partial charge on any atom is -0.508 e. The van der Waals surface area contributed by atoms with E-state index in [0.29, 0.717) is 6.42 Å². The summed E-state index contributed by atoms with van der Waals surface area (Å²) in [5.41, 5.74) is 7.11. The van der Waals surface area contributed by atoms with Crippen LogP contribution in [0.3, 0.4) is 0 Å². The maximum Gasteiger partial charge on any atom is 0.320 e. The van der Waals surface area contributed by atoms with Gasteiger partial charge < -0.3 is 26.0 Å². The number of phenolic OH excluding ortho intramolecular Hbond substituents is 1. The van der Waals surface area contributed by atoms with Gasteiger partial charge in [-0.05, 0) is 62.3 Å². The van der Waals surface area contributed by atoms with Crippen molar-refractivity contribution in [1.29, 1.82) is 0 Å². The highest BCUT2D eigenvalue weighted by molar-refractivity contribution is 5.85. The van der Waals surface area contributed by atoms with Crippen molar-refractivity contribution in [3.05, 3.63) is 66.4 Å². The molecule has 2 aromatic rings. The van der Waals surface area contributed by atoms with Crippen LogP contribution in [0.25, 0.3) is 10.9 Å². The van der Waals surface area contributed by atoms with Crippen LogP contribution in [0.4, 0.5) is 0 Å². The van der Waals surface area contributed by atoms with Crippen LogP contribution in [0.2, 0.25) is 0 Å². The number of nitrogens with two attached hydrogens (primary N) is 1. The molecular formula is C29H42N2O5. The smallest absolute Gasteiger partial charge is 0.320 e. The average Bonchev–Trinajstić information content (AvgIpc) is 3.23. The number of rotatable bonds is 16. The molecule has 0 saturated heterocycles. The third-order valence-corrected chi connectivity index (χ3v) is 5.55. The summed E-state index contributed by atoms with van der Waals surface area (Å²) in [4.78, 5) is 24.0. The number of carbonyl (C=O) groups is 2. The molecule has 0 saturated carbocycles. The Morgan fingerprint density at radius 3 is 2.25 bits per heavy atom. The van der Waals surface area contributed by atoms with Crippen molar-refractivity contribution >= 4 is 22.8 Å². The van der Waals surface area contributed by atoms with E-state index in [4.69, 9.17) is 15.9 Å². The fraction of sp³-hybridized carbons (Fsp3) is 0.448. The van der Waals surface area contributed by atoms with Gasteiger partial charge in [0.1, 0.15) is 11.8 Å². The largest absolute Gasteiger partial charge is 0.508 e. The monoisotopic (exact) mass is 498 g/mol. The Bertz CT molecular complexity index is 991. The number of H-pyrrole nitrogens is 1. The third-order valence-electron chi connectivity index (χ3n) is 5.55. The Labute approximate surface area is 214 Å². The molecule has 0 aliphatic heterocycles. The van der Waals surface area contributed by atoms with E-state index < -0.39 is 18.0 Å². The standard InChI is InChI=1S/C18H30O2.C11H12N2O3/c1-2-3-4-5-6-7-8-9-10-11-12-13-14-15-16-17-18(19)20;12-9(11(15)16)3-6-5-13-10-2-1-7(14)4-8(6)10/h3-4,6-7,9-10H,2,5,8,11-17H2,1H3,(H,19,20);1-2,4-5,9,13-14H,3,12H2,(H,15,16)/b4-3-,7-6-,10-9-;/t;9-/m.0/s1. The molecule has 0 unspecified atom stereocenters. The van der Waals surface area contributed by atoms with Crippen molar-refractivity contribution in [3.63, 3.8) is 0 Å². The molecule has 198 valence electrons. The van der Waals surface area contributed by atoms with Gasteiger partial charge in [-0.2, -0.15) is 0 Å². The van der Waals surface area contributed by atoms with Gasteiger partial charge in [-0.1, -0.05) is 62.6 Å². The first-order valence-corrected chi connectivity index (χ1v) is 12.8. The van der Waals surface area contributed by atoms with Gasteiger partial charge in [0, 0.05) is 29.9 Å². The number of nitrogens with one attached hydrogen (secondary N) is 1. The van der Waals surface area contributed by atoms with Gasteiger partial charge in [0.2, 0.25) is 0 Å². The predicted molar refractivity (Wildman–Crippen MR) is 146 cm³/mol. The van der Waals surface area contributed by atoms with Crippen LogP contribution in [-0.4, -0.2) is 38.3 Å². The molecule has 0 fully saturated rings. The second-order valence-corrected chi connectivity index (χ2v) is 8.69. The number of phenols is 1. The molecule has 1 atom stereocenters. The number of carboxylic acid groups (broad SMARTS) is 2. The Morgan fingerprint density at radius 1 is 0.944 bits per heavy atom. The maximum absolute atomic E-state index is 10.6. The van der Waals surface area contributed by atoms with E-state index in [1.54, 1.807) is 24.4 Å². The molecule has 0 aliphatic rings. The van der Waals surface area contributed by atoms with Crippen molar-refractivity contribution in [2.24, 2.45) is 5.73 Å². The van der Waals surface area contributed by atoms with Crippen LogP contribution in [0.1, 0.15) is 76.7 Å². The number of unbranched alkanes of at least 4 members (excludes halogenated alkanes) is 5. The number of allylic oxidation sites excluding steroid dienone is 6. The molecule has 0 spiro atoms. The number of benzene rings is 1. The van der Waals surface area contributed by atoms with E-state index in [0.717, 1.165) is 61.4 Å². The van der Waals surface area contributed by atoms with Crippen molar-refractivity contribution in [3.8, 4) is 5.75 Å². The summed E-state index contributed by atoms with van der Waals surface area (Å²) < 4.78 is 0. The van der Waals surface area contributed by atoms with E-state index in [1.807, 2.05) is 0 Å². The van der Waals surface area contributed by atoms with Crippen molar-refractivity contribution < 1.29 is 24.9 Å². The molecule has 7 heteroatoms. The summed E-state index contributed by atoms with van der Waals surface area (Å²) in [7, 11) is 0. The zero-order valence-corrected chi connectivity index (χ0v) is 21.4. The zero-order chi connectivity index (χ0) is 26.6. The molecule has 1 heterocycles. The number of aliphatic carboxylic acids is 2. The average molecular weight is 499 g/mol. The van der Waals surface area contributed by atoms with E-state index in [1.165, 1.54) is 12.8 Å². The second-order valence-electron chi connectivity index (χ2n) is 8.69. The van der Waals surface area contributed by atoms with Gasteiger partial charge in [-0.15, -0.1) is 0 Å². The zero-order valence-electron chi connectivity index (χ0n) is 21.4. The SMILES string of the molecule is CC/C=C\C/C=C\C/C=C\CCCCCCCC(=O)O.N[C@@H](Cc1c[nH]c2ccc(O)cc12)C(=O)O. The second kappa shape index (κ2) is 18.9. The van der Waals surface area contributed by atoms with Crippen molar-refractivity contribution in [2.75, 3.05) is 0 Å². The minimum absolute atomic E-state index is 0.150. The highest BCUT2D eigenvalue weighted by Crippen LogP contribution is 2.23. The number of aromatic amines is 1. The first kappa shape index (κ1) is 30.7. The summed E-state index contributed by atoms with van der Waals surface area (Å²) in [6.45, 7) is 2.15. The first-order valence-electron chi connectivity index (χ1n) is 12.8. The normalized spacial score (nSPS) is 12.4. The Balaban J connectivity index is 0.000000367. The van der Waals surface area contributed by atoms with Crippen LogP contribution in [0.5, 0.6) is 5.75 Å². The molecular weight excluding hydrogens is 456 g/mol. The highest BCUT2D eigenvalue weighted by Gasteiger charge is 2.14. The Hall–Kier alpha value is -3.32. The van der Waals surface area contributed by atoms with Gasteiger partial charge in [-0.25, -0.2) is 0 Å². The maximum atomic E-state index is 10.6. The molecule has 2 rings (SSSR count). The summed E-state index contributed by atoms with van der Waals surface area (Å²) >= 11 is 0. The molecule has 1 aromatic carbocycles. The van der Waals surface area contributed by atoms with E-state index in [9.17, 15) is 14.7 Å². The Morgan fingerprint density at radius 2 is 1.58 bits per heavy atom. The van der Waals surface area contributed by atoms with E-state index >= 15 is 0 Å². The number of hydrogen-bond acceptors (Lipinski definition) is 4. The molecule has 0 bridgehead atoms. The molecule has 6 N–H and O–H groups in total. The number of fused-ring (bicyclic) bond motifs is 1. The van der Waals surface area contributed by atoms with Crippen LogP contribution in [-0.2, 0) is 16.0 Å². The molecule has 0 amide bonds. The van der Waals surface area contributed by atoms with Gasteiger partial charge in [-0.3, -0.25) is 9.59 Å². The van der Waals surface area contributed by atoms with E-state index in [-0.39, 0.29) is 12.2 Å². The summed E-state index contributed by atoms with van der Waals surface area (Å²) in [5, 5.41) is 27.4. The van der Waals surface area contributed by atoms with E-state index in [2.05, 4.69) is 48.4 Å². The fourth-order valence-electron chi connectivity index (χ4n) is 3.55. The van der Waals surface area contributed by atoms with Crippen molar-refractivity contribution in [2.45, 2.75) is 83.6 Å². The lowest BCUT2D eigenvalue weighted by Gasteiger charge is -2.04. The topological polar surface area (TPSA) is 137 Å². The highest BCUT2D eigenvalue weighted by atomic mass is 16.4. The van der Waals surface area contributed by atoms with Crippen LogP contribution < -0.4 is 5.73 Å². The van der Waals surface area contributed by atoms with Gasteiger partial charge >= 0.3 is 11.9 Å². The summed E-state index contributed by atoms with van der Waals surface area (Å²) in [6, 6.07) is 3.97. The predicted octanol–water partition coefficient (Wildman–Crippen LogP) is 6.49. The fourth-order valence-corrected chi connectivity index (χ4v) is 3.55. The first-order chi connectivity index (χ1) is 17.3. The number of aromatic nitrogens is 1. The van der Waals surface area contributed by atoms with Crippen LogP contribution >= 0.6 is 0 Å². The van der Waals surface area contributed by atoms with Crippen LogP contribution in [0, 0.1) is 0 Å². The van der Waals surface area contributed by atoms with Gasteiger partial charge in [0.05, 0.1) is 0 Å².